The molecule has 0 radical (unpaired) electrons. The number of hydrogen-bond acceptors (Lipinski definition) is 3. The summed E-state index contributed by atoms with van der Waals surface area (Å²) in [7, 11) is -3.64. The van der Waals surface area contributed by atoms with E-state index >= 15 is 0 Å². The van der Waals surface area contributed by atoms with E-state index in [4.69, 9.17) is 0 Å². The summed E-state index contributed by atoms with van der Waals surface area (Å²) >= 11 is 1.68. The van der Waals surface area contributed by atoms with Crippen LogP contribution in [0.1, 0.15) is 24.8 Å². The van der Waals surface area contributed by atoms with Gasteiger partial charge in [0, 0.05) is 4.90 Å². The van der Waals surface area contributed by atoms with Crippen LogP contribution in [-0.2, 0) is 10.0 Å². The standard InChI is InChI=1S/C19H19NO2S2/c1-15-10-12-19(13-11-15)24(21,22)20-16-6-5-9-18(14-16)23-17-7-3-2-4-8-17/h2-4,7-8,10-14H,5-6,9H2,1H3/b20-16+. The van der Waals surface area contributed by atoms with Gasteiger partial charge in [-0.05, 0) is 61.4 Å². The van der Waals surface area contributed by atoms with Crippen LogP contribution in [0.4, 0.5) is 0 Å². The maximum Gasteiger partial charge on any atom is 0.282 e. The summed E-state index contributed by atoms with van der Waals surface area (Å²) < 4.78 is 29.0. The minimum atomic E-state index is -3.64. The third-order valence-electron chi connectivity index (χ3n) is 3.73. The second kappa shape index (κ2) is 7.36. The zero-order valence-corrected chi connectivity index (χ0v) is 15.1. The van der Waals surface area contributed by atoms with Crippen LogP contribution < -0.4 is 0 Å². The number of allylic oxidation sites excluding steroid dienone is 2. The van der Waals surface area contributed by atoms with Gasteiger partial charge in [0.05, 0.1) is 10.6 Å². The Morgan fingerprint density at radius 2 is 1.67 bits per heavy atom. The Kier molecular flexibility index (Phi) is 5.21. The highest BCUT2D eigenvalue weighted by Crippen LogP contribution is 2.33. The average molecular weight is 358 g/mol. The van der Waals surface area contributed by atoms with E-state index in [-0.39, 0.29) is 4.90 Å². The highest BCUT2D eigenvalue weighted by molar-refractivity contribution is 8.03. The molecule has 0 fully saturated rings. The maximum absolute atomic E-state index is 12.5. The normalized spacial score (nSPS) is 16.9. The first-order valence-electron chi connectivity index (χ1n) is 7.87. The van der Waals surface area contributed by atoms with Crippen LogP contribution in [0.3, 0.4) is 0 Å². The van der Waals surface area contributed by atoms with Crippen molar-refractivity contribution in [2.45, 2.75) is 36.0 Å². The summed E-state index contributed by atoms with van der Waals surface area (Å²) in [5, 5.41) is 0. The molecule has 2 aromatic rings. The molecule has 5 heteroatoms. The van der Waals surface area contributed by atoms with Crippen molar-refractivity contribution in [2.24, 2.45) is 4.40 Å². The minimum Gasteiger partial charge on any atom is -0.199 e. The molecule has 0 bridgehead atoms. The Bertz CT molecular complexity index is 867. The number of thioether (sulfide) groups is 1. The lowest BCUT2D eigenvalue weighted by molar-refractivity contribution is 0.598. The fourth-order valence-electron chi connectivity index (χ4n) is 2.48. The van der Waals surface area contributed by atoms with Crippen molar-refractivity contribution in [2.75, 3.05) is 0 Å². The average Bonchev–Trinajstić information content (AvgIpc) is 2.56. The zero-order chi connectivity index (χ0) is 17.0. The van der Waals surface area contributed by atoms with Crippen molar-refractivity contribution in [3.05, 3.63) is 71.1 Å². The van der Waals surface area contributed by atoms with Crippen LogP contribution in [-0.4, -0.2) is 14.1 Å². The zero-order valence-electron chi connectivity index (χ0n) is 13.5. The van der Waals surface area contributed by atoms with Crippen LogP contribution >= 0.6 is 11.8 Å². The molecule has 0 saturated carbocycles. The Morgan fingerprint density at radius 1 is 0.958 bits per heavy atom. The Hall–Kier alpha value is -1.85. The van der Waals surface area contributed by atoms with E-state index < -0.39 is 10.0 Å². The van der Waals surface area contributed by atoms with Crippen LogP contribution in [0.25, 0.3) is 0 Å². The minimum absolute atomic E-state index is 0.247. The van der Waals surface area contributed by atoms with Crippen molar-refractivity contribution in [1.82, 2.24) is 0 Å². The second-order valence-electron chi connectivity index (χ2n) is 5.75. The smallest absolute Gasteiger partial charge is 0.199 e. The first-order chi connectivity index (χ1) is 11.5. The van der Waals surface area contributed by atoms with E-state index in [9.17, 15) is 8.42 Å². The largest absolute Gasteiger partial charge is 0.282 e. The van der Waals surface area contributed by atoms with Gasteiger partial charge in [0.25, 0.3) is 10.0 Å². The van der Waals surface area contributed by atoms with Crippen LogP contribution in [0.15, 0.2) is 79.8 Å². The molecule has 0 heterocycles. The van der Waals surface area contributed by atoms with E-state index in [2.05, 4.69) is 16.5 Å². The molecule has 0 saturated heterocycles. The lowest BCUT2D eigenvalue weighted by atomic mass is 10.1. The highest BCUT2D eigenvalue weighted by Gasteiger charge is 2.16. The molecule has 1 aliphatic carbocycles. The topological polar surface area (TPSA) is 46.5 Å². The third kappa shape index (κ3) is 4.36. The summed E-state index contributed by atoms with van der Waals surface area (Å²) in [5.74, 6) is 0. The van der Waals surface area contributed by atoms with Crippen molar-refractivity contribution in [3.8, 4) is 0 Å². The SMILES string of the molecule is Cc1ccc(S(=O)(=O)/N=C2/C=C(Sc3ccccc3)CCC2)cc1. The summed E-state index contributed by atoms with van der Waals surface area (Å²) in [6, 6.07) is 16.9. The second-order valence-corrected chi connectivity index (χ2v) is 8.55. The maximum atomic E-state index is 12.5. The molecule has 0 atom stereocenters. The van der Waals surface area contributed by atoms with E-state index in [1.807, 2.05) is 31.2 Å². The Morgan fingerprint density at radius 3 is 2.38 bits per heavy atom. The molecule has 0 aromatic heterocycles. The summed E-state index contributed by atoms with van der Waals surface area (Å²) in [5.41, 5.74) is 1.67. The number of rotatable bonds is 4. The molecule has 0 aliphatic heterocycles. The molecule has 0 unspecified atom stereocenters. The lowest BCUT2D eigenvalue weighted by Gasteiger charge is -2.14. The number of hydrogen-bond donors (Lipinski definition) is 0. The van der Waals surface area contributed by atoms with Gasteiger partial charge < -0.3 is 0 Å². The molecule has 0 N–H and O–H groups in total. The number of nitrogens with zero attached hydrogens (tertiary/aromatic N) is 1. The molecular weight excluding hydrogens is 338 g/mol. The lowest BCUT2D eigenvalue weighted by Crippen LogP contribution is -2.07. The van der Waals surface area contributed by atoms with Crippen molar-refractivity contribution in [1.29, 1.82) is 0 Å². The van der Waals surface area contributed by atoms with E-state index in [0.29, 0.717) is 12.1 Å². The van der Waals surface area contributed by atoms with Crippen molar-refractivity contribution >= 4 is 27.5 Å². The monoisotopic (exact) mass is 357 g/mol. The van der Waals surface area contributed by atoms with Gasteiger partial charge >= 0.3 is 0 Å². The molecule has 3 nitrogen and oxygen atoms in total. The molecular formula is C19H19NO2S2. The van der Waals surface area contributed by atoms with Crippen LogP contribution in [0.2, 0.25) is 0 Å². The molecule has 1 aliphatic rings. The van der Waals surface area contributed by atoms with Gasteiger partial charge in [-0.25, -0.2) is 0 Å². The van der Waals surface area contributed by atoms with Crippen LogP contribution in [0, 0.1) is 6.92 Å². The highest BCUT2D eigenvalue weighted by atomic mass is 32.2. The predicted octanol–water partition coefficient (Wildman–Crippen LogP) is 4.98. The van der Waals surface area contributed by atoms with Gasteiger partial charge in [-0.3, -0.25) is 0 Å². The predicted molar refractivity (Wildman–Crippen MR) is 100 cm³/mol. The molecule has 2 aromatic carbocycles. The first kappa shape index (κ1) is 17.0. The third-order valence-corrected chi connectivity index (χ3v) is 6.17. The molecule has 3 rings (SSSR count). The van der Waals surface area contributed by atoms with Crippen LogP contribution in [0.5, 0.6) is 0 Å². The Labute approximate surface area is 147 Å². The van der Waals surface area contributed by atoms with E-state index in [1.165, 1.54) is 0 Å². The van der Waals surface area contributed by atoms with Crippen molar-refractivity contribution < 1.29 is 8.42 Å². The molecule has 0 spiro atoms. The van der Waals surface area contributed by atoms with Gasteiger partial charge in [0.15, 0.2) is 0 Å². The number of aryl methyl sites for hydroxylation is 1. The number of benzene rings is 2. The molecule has 0 amide bonds. The molecule has 124 valence electrons. The van der Waals surface area contributed by atoms with Gasteiger partial charge in [-0.2, -0.15) is 12.8 Å². The van der Waals surface area contributed by atoms with Gasteiger partial charge in [0.1, 0.15) is 0 Å². The Balaban J connectivity index is 1.83. The molecule has 24 heavy (non-hydrogen) atoms. The number of sulfonamides is 1. The fraction of sp³-hybridized carbons (Fsp3) is 0.211. The van der Waals surface area contributed by atoms with Gasteiger partial charge in [-0.1, -0.05) is 47.7 Å². The quantitative estimate of drug-likeness (QED) is 0.775. The summed E-state index contributed by atoms with van der Waals surface area (Å²) in [4.78, 5) is 2.56. The first-order valence-corrected chi connectivity index (χ1v) is 10.1. The van der Waals surface area contributed by atoms with Crippen molar-refractivity contribution in [3.63, 3.8) is 0 Å². The van der Waals surface area contributed by atoms with Gasteiger partial charge in [-0.15, -0.1) is 0 Å². The summed E-state index contributed by atoms with van der Waals surface area (Å²) in [6.45, 7) is 1.93. The fourth-order valence-corrected chi connectivity index (χ4v) is 4.56. The van der Waals surface area contributed by atoms with E-state index in [1.54, 1.807) is 36.0 Å². The van der Waals surface area contributed by atoms with E-state index in [0.717, 1.165) is 28.2 Å². The summed E-state index contributed by atoms with van der Waals surface area (Å²) in [6.07, 6.45) is 4.51. The van der Waals surface area contributed by atoms with Gasteiger partial charge in [0.2, 0.25) is 0 Å².